The maximum Gasteiger partial charge on any atom is 0.247 e. The van der Waals surface area contributed by atoms with E-state index >= 15 is 0 Å². The van der Waals surface area contributed by atoms with E-state index in [0.29, 0.717) is 33.8 Å². The molecule has 15 heteroatoms. The van der Waals surface area contributed by atoms with Crippen molar-refractivity contribution in [1.82, 2.24) is 26.2 Å². The molecule has 3 rings (SSSR count). The highest BCUT2D eigenvalue weighted by atomic mass is 16.5. The fourth-order valence-electron chi connectivity index (χ4n) is 4.85. The number of benzene rings is 2. The Hall–Kier alpha value is -5.20. The van der Waals surface area contributed by atoms with Crippen molar-refractivity contribution < 1.29 is 33.4 Å². The van der Waals surface area contributed by atoms with Crippen molar-refractivity contribution in [3.05, 3.63) is 47.5 Å². The van der Waals surface area contributed by atoms with Crippen LogP contribution in [0.3, 0.4) is 0 Å². The van der Waals surface area contributed by atoms with Gasteiger partial charge in [0.1, 0.15) is 43.3 Å². The minimum Gasteiger partial charge on any atom is -0.492 e. The third kappa shape index (κ3) is 9.65. The minimum atomic E-state index is -1.20. The molecule has 0 saturated heterocycles. The predicted molar refractivity (Wildman–Crippen MR) is 167 cm³/mol. The normalized spacial score (nSPS) is 16.1. The number of carbonyl (C=O) groups excluding carboxylic acids is 5. The van der Waals surface area contributed by atoms with Crippen LogP contribution in [0.5, 0.6) is 11.5 Å². The molecule has 0 radical (unpaired) electrons. The first-order valence-corrected chi connectivity index (χ1v) is 14.7. The number of hydrogen-bond acceptors (Lipinski definition) is 10. The molecule has 1 heterocycles. The van der Waals surface area contributed by atoms with Crippen molar-refractivity contribution in [1.29, 1.82) is 5.26 Å². The van der Waals surface area contributed by atoms with Crippen LogP contribution in [0.4, 0.5) is 0 Å². The summed E-state index contributed by atoms with van der Waals surface area (Å²) in [6.07, 6.45) is -0.0303. The number of rotatable bonds is 12. The van der Waals surface area contributed by atoms with Crippen LogP contribution in [0.1, 0.15) is 30.5 Å². The van der Waals surface area contributed by atoms with Crippen molar-refractivity contribution in [3.8, 4) is 28.7 Å². The van der Waals surface area contributed by atoms with Crippen molar-refractivity contribution in [3.63, 3.8) is 0 Å². The Morgan fingerprint density at radius 3 is 2.30 bits per heavy atom. The third-order valence-corrected chi connectivity index (χ3v) is 7.00. The number of nitrogens with one attached hydrogen (secondary N) is 4. The van der Waals surface area contributed by atoms with Gasteiger partial charge in [-0.15, -0.1) is 0 Å². The van der Waals surface area contributed by atoms with Crippen molar-refractivity contribution in [2.45, 2.75) is 31.8 Å². The Kier molecular flexibility index (Phi) is 13.3. The molecule has 0 spiro atoms. The van der Waals surface area contributed by atoms with Gasteiger partial charge < -0.3 is 47.1 Å². The lowest BCUT2D eigenvalue weighted by Crippen LogP contribution is -2.51. The molecule has 5 amide bonds. The van der Waals surface area contributed by atoms with Gasteiger partial charge in [-0.25, -0.2) is 0 Å². The molecule has 1 aliphatic heterocycles. The van der Waals surface area contributed by atoms with Crippen LogP contribution in [0.2, 0.25) is 0 Å². The van der Waals surface area contributed by atoms with E-state index in [4.69, 9.17) is 26.2 Å². The van der Waals surface area contributed by atoms with Crippen molar-refractivity contribution >= 4 is 29.5 Å². The second-order valence-corrected chi connectivity index (χ2v) is 10.4. The molecule has 8 N–H and O–H groups in total. The van der Waals surface area contributed by atoms with Gasteiger partial charge in [-0.1, -0.05) is 12.1 Å². The van der Waals surface area contributed by atoms with E-state index in [1.165, 1.54) is 18.9 Å². The van der Waals surface area contributed by atoms with Gasteiger partial charge in [0, 0.05) is 57.6 Å². The molecular weight excluding hydrogens is 596 g/mol. The zero-order chi connectivity index (χ0) is 33.6. The minimum absolute atomic E-state index is 0.0496. The molecular formula is C31H40N8O7. The molecule has 0 unspecified atom stereocenters. The van der Waals surface area contributed by atoms with E-state index in [0.717, 1.165) is 0 Å². The van der Waals surface area contributed by atoms with Gasteiger partial charge >= 0.3 is 0 Å². The molecule has 46 heavy (non-hydrogen) atoms. The first-order chi connectivity index (χ1) is 22.1. The topological polar surface area (TPSA) is 231 Å². The molecule has 2 aromatic carbocycles. The highest BCUT2D eigenvalue weighted by Gasteiger charge is 2.31. The highest BCUT2D eigenvalue weighted by Crippen LogP contribution is 2.40. The second-order valence-electron chi connectivity index (χ2n) is 10.4. The predicted octanol–water partition coefficient (Wildman–Crippen LogP) is -1.15. The summed E-state index contributed by atoms with van der Waals surface area (Å²) in [7, 11) is 1.45. The van der Waals surface area contributed by atoms with Crippen LogP contribution in [0.25, 0.3) is 11.1 Å². The summed E-state index contributed by atoms with van der Waals surface area (Å²) in [5, 5.41) is 19.2. The summed E-state index contributed by atoms with van der Waals surface area (Å²) in [4.78, 5) is 65.4. The SMILES string of the molecule is CC(=O)NCCC(=O)N(C)[C@@H]1C(=O)NCC(=O)N[C@H](C(=O)NCC#N)Cc2ccc(OCCN)c(c2)-c2cc1ccc2OCCN. The Morgan fingerprint density at radius 1 is 1.02 bits per heavy atom. The molecule has 2 atom stereocenters. The maximum atomic E-state index is 13.7. The van der Waals surface area contributed by atoms with Crippen LogP contribution in [0, 0.1) is 11.3 Å². The summed E-state index contributed by atoms with van der Waals surface area (Å²) < 4.78 is 11.9. The highest BCUT2D eigenvalue weighted by molar-refractivity contribution is 5.94. The third-order valence-electron chi connectivity index (χ3n) is 7.00. The first-order valence-electron chi connectivity index (χ1n) is 14.7. The Labute approximate surface area is 266 Å². The second kappa shape index (κ2) is 17.3. The largest absolute Gasteiger partial charge is 0.492 e. The molecule has 1 aliphatic rings. The Balaban J connectivity index is 2.21. The van der Waals surface area contributed by atoms with E-state index in [1.54, 1.807) is 36.4 Å². The Bertz CT molecular complexity index is 1480. The summed E-state index contributed by atoms with van der Waals surface area (Å²) in [6, 6.07) is 9.78. The fourth-order valence-corrected chi connectivity index (χ4v) is 4.85. The van der Waals surface area contributed by atoms with Gasteiger partial charge in [-0.2, -0.15) is 5.26 Å². The smallest absolute Gasteiger partial charge is 0.247 e. The van der Waals surface area contributed by atoms with E-state index in [1.807, 2.05) is 6.07 Å². The van der Waals surface area contributed by atoms with Crippen molar-refractivity contribution in [2.75, 3.05) is 53.0 Å². The molecule has 2 aromatic rings. The molecule has 15 nitrogen and oxygen atoms in total. The van der Waals surface area contributed by atoms with Crippen LogP contribution >= 0.6 is 0 Å². The number of fused-ring (bicyclic) bond motifs is 5. The molecule has 246 valence electrons. The number of amides is 5. The van der Waals surface area contributed by atoms with E-state index in [2.05, 4.69) is 21.3 Å². The monoisotopic (exact) mass is 636 g/mol. The van der Waals surface area contributed by atoms with Gasteiger partial charge in [0.05, 0.1) is 12.6 Å². The number of nitriles is 1. The molecule has 4 bridgehead atoms. The summed E-state index contributed by atoms with van der Waals surface area (Å²) in [5.74, 6) is -1.79. The van der Waals surface area contributed by atoms with Crippen LogP contribution in [0.15, 0.2) is 36.4 Å². The number of nitrogens with two attached hydrogens (primary N) is 2. The molecule has 0 aliphatic carbocycles. The zero-order valence-corrected chi connectivity index (χ0v) is 25.9. The molecule has 0 fully saturated rings. The van der Waals surface area contributed by atoms with Crippen LogP contribution in [-0.2, 0) is 30.4 Å². The average Bonchev–Trinajstić information content (AvgIpc) is 3.03. The standard InChI is InChI=1S/C31H40N8O7/c1-19(40)35-11-7-28(42)39(2)29-21-4-6-26(46-14-10-34)23(17-21)22-15-20(3-5-25(22)45-13-9-33)16-24(30(43)36-12-8-32)38-27(41)18-37-31(29)44/h3-6,15,17,24,29H,7,9-14,16,18,33-34H2,1-2H3,(H,35,40)(H,36,43)(H,37,44)(H,38,41)/t24-,29-/m0/s1. The Morgan fingerprint density at radius 2 is 1.67 bits per heavy atom. The van der Waals surface area contributed by atoms with Gasteiger partial charge in [0.25, 0.3) is 0 Å². The molecule has 0 aromatic heterocycles. The summed E-state index contributed by atoms with van der Waals surface area (Å²) >= 11 is 0. The zero-order valence-electron chi connectivity index (χ0n) is 25.9. The lowest BCUT2D eigenvalue weighted by atomic mass is 9.93. The summed E-state index contributed by atoms with van der Waals surface area (Å²) in [5.41, 5.74) is 13.5. The van der Waals surface area contributed by atoms with Crippen LogP contribution < -0.4 is 42.2 Å². The number of ether oxygens (including phenoxy) is 2. The molecule has 0 saturated carbocycles. The summed E-state index contributed by atoms with van der Waals surface area (Å²) in [6.45, 7) is 1.48. The van der Waals surface area contributed by atoms with Gasteiger partial charge in [0.2, 0.25) is 29.5 Å². The maximum absolute atomic E-state index is 13.7. The lowest BCUT2D eigenvalue weighted by Gasteiger charge is -2.29. The van der Waals surface area contributed by atoms with Gasteiger partial charge in [-0.05, 0) is 35.4 Å². The van der Waals surface area contributed by atoms with Crippen LogP contribution in [-0.4, -0.2) is 93.5 Å². The van der Waals surface area contributed by atoms with Gasteiger partial charge in [-0.3, -0.25) is 24.0 Å². The van der Waals surface area contributed by atoms with E-state index in [-0.39, 0.29) is 58.1 Å². The van der Waals surface area contributed by atoms with Crippen molar-refractivity contribution in [2.24, 2.45) is 11.5 Å². The average molecular weight is 637 g/mol. The first kappa shape index (κ1) is 35.3. The lowest BCUT2D eigenvalue weighted by molar-refractivity contribution is -0.139. The number of hydrogen-bond donors (Lipinski definition) is 6. The number of likely N-dealkylation sites (N-methyl/N-ethyl adjacent to an activating group) is 1. The van der Waals surface area contributed by atoms with Gasteiger partial charge in [0.15, 0.2) is 0 Å². The fraction of sp³-hybridized carbons (Fsp3) is 0.419. The van der Waals surface area contributed by atoms with E-state index in [9.17, 15) is 24.0 Å². The van der Waals surface area contributed by atoms with E-state index < -0.39 is 42.3 Å². The quantitative estimate of drug-likeness (QED) is 0.153. The number of carbonyl (C=O) groups is 5. The number of nitrogens with zero attached hydrogens (tertiary/aromatic N) is 2.